The fourth-order valence-corrected chi connectivity index (χ4v) is 3.18. The summed E-state index contributed by atoms with van der Waals surface area (Å²) in [6, 6.07) is 6.56. The lowest BCUT2D eigenvalue weighted by Crippen LogP contribution is -2.45. The first-order valence-corrected chi connectivity index (χ1v) is 8.71. The lowest BCUT2D eigenvalue weighted by molar-refractivity contribution is -0.125. The lowest BCUT2D eigenvalue weighted by Gasteiger charge is -2.34. The van der Waals surface area contributed by atoms with Gasteiger partial charge in [-0.15, -0.1) is 0 Å². The number of hydrogen-bond donors (Lipinski definition) is 2. The summed E-state index contributed by atoms with van der Waals surface area (Å²) in [4.78, 5) is 35.2. The van der Waals surface area contributed by atoms with E-state index < -0.39 is 5.97 Å². The average Bonchev–Trinajstić information content (AvgIpc) is 2.56. The number of carbonyl (C=O) groups excluding carboxylic acids is 3. The van der Waals surface area contributed by atoms with E-state index in [9.17, 15) is 14.4 Å². The number of anilines is 1. The van der Waals surface area contributed by atoms with E-state index in [0.717, 1.165) is 12.8 Å². The molecule has 3 atom stereocenters. The summed E-state index contributed by atoms with van der Waals surface area (Å²) >= 11 is 0. The highest BCUT2D eigenvalue weighted by molar-refractivity contribution is 5.94. The standard InChI is InChI=1S/C19H26N2O4/c1-12-6-4-9-17(13(12)2)21-18(23)11-25-19(24)15-7-5-8-16(10-15)20-14(3)22/h5,7-8,10,12-13,17H,4,6,9,11H2,1-3H3,(H,20,22)(H,21,23)/t12-,13-,17-/m1/s1. The van der Waals surface area contributed by atoms with Gasteiger partial charge in [0.1, 0.15) is 0 Å². The van der Waals surface area contributed by atoms with Crippen molar-refractivity contribution in [2.24, 2.45) is 11.8 Å². The van der Waals surface area contributed by atoms with Crippen LogP contribution in [0.25, 0.3) is 0 Å². The molecule has 0 radical (unpaired) electrons. The Morgan fingerprint density at radius 1 is 1.20 bits per heavy atom. The third-order valence-corrected chi connectivity index (χ3v) is 4.81. The minimum Gasteiger partial charge on any atom is -0.452 e. The fourth-order valence-electron chi connectivity index (χ4n) is 3.18. The molecule has 2 N–H and O–H groups in total. The maximum absolute atomic E-state index is 12.1. The lowest BCUT2D eigenvalue weighted by atomic mass is 9.78. The van der Waals surface area contributed by atoms with Crippen LogP contribution in [0.5, 0.6) is 0 Å². The van der Waals surface area contributed by atoms with Gasteiger partial charge in [0.05, 0.1) is 5.56 Å². The fraction of sp³-hybridized carbons (Fsp3) is 0.526. The van der Waals surface area contributed by atoms with Gasteiger partial charge in [0.15, 0.2) is 6.61 Å². The van der Waals surface area contributed by atoms with Gasteiger partial charge < -0.3 is 15.4 Å². The largest absolute Gasteiger partial charge is 0.452 e. The summed E-state index contributed by atoms with van der Waals surface area (Å²) < 4.78 is 5.09. The molecule has 2 amide bonds. The van der Waals surface area contributed by atoms with Crippen molar-refractivity contribution in [2.45, 2.75) is 46.1 Å². The Morgan fingerprint density at radius 2 is 1.96 bits per heavy atom. The van der Waals surface area contributed by atoms with Gasteiger partial charge in [0.25, 0.3) is 5.91 Å². The van der Waals surface area contributed by atoms with Crippen LogP contribution in [0, 0.1) is 11.8 Å². The van der Waals surface area contributed by atoms with Crippen molar-refractivity contribution in [2.75, 3.05) is 11.9 Å². The zero-order valence-corrected chi connectivity index (χ0v) is 15.0. The van der Waals surface area contributed by atoms with Crippen molar-refractivity contribution in [3.8, 4) is 0 Å². The molecule has 1 saturated carbocycles. The molecule has 1 aromatic carbocycles. The average molecular weight is 346 g/mol. The van der Waals surface area contributed by atoms with Crippen molar-refractivity contribution in [1.29, 1.82) is 0 Å². The van der Waals surface area contributed by atoms with Crippen molar-refractivity contribution < 1.29 is 19.1 Å². The van der Waals surface area contributed by atoms with Crippen molar-refractivity contribution in [1.82, 2.24) is 5.32 Å². The van der Waals surface area contributed by atoms with Crippen LogP contribution in [0.15, 0.2) is 24.3 Å². The van der Waals surface area contributed by atoms with Crippen LogP contribution in [-0.2, 0) is 14.3 Å². The van der Waals surface area contributed by atoms with E-state index in [1.54, 1.807) is 18.2 Å². The molecule has 6 nitrogen and oxygen atoms in total. The second-order valence-corrected chi connectivity index (χ2v) is 6.78. The van der Waals surface area contributed by atoms with Crippen molar-refractivity contribution >= 4 is 23.5 Å². The summed E-state index contributed by atoms with van der Waals surface area (Å²) in [5.41, 5.74) is 0.801. The Balaban J connectivity index is 1.85. The summed E-state index contributed by atoms with van der Waals surface area (Å²) in [5, 5.41) is 5.57. The van der Waals surface area contributed by atoms with Crippen LogP contribution in [0.2, 0.25) is 0 Å². The Morgan fingerprint density at radius 3 is 2.68 bits per heavy atom. The highest BCUT2D eigenvalue weighted by Crippen LogP contribution is 2.29. The molecule has 0 saturated heterocycles. The van der Waals surface area contributed by atoms with Gasteiger partial charge in [-0.05, 0) is 36.5 Å². The minimum absolute atomic E-state index is 0.137. The summed E-state index contributed by atoms with van der Waals surface area (Å²) in [7, 11) is 0. The number of carbonyl (C=O) groups is 3. The maximum Gasteiger partial charge on any atom is 0.338 e. The van der Waals surface area contributed by atoms with E-state index in [1.165, 1.54) is 19.4 Å². The van der Waals surface area contributed by atoms with Crippen molar-refractivity contribution in [3.05, 3.63) is 29.8 Å². The van der Waals surface area contributed by atoms with E-state index in [4.69, 9.17) is 4.74 Å². The number of esters is 1. The zero-order valence-electron chi connectivity index (χ0n) is 15.0. The molecule has 0 aliphatic heterocycles. The molecular weight excluding hydrogens is 320 g/mol. The molecule has 1 fully saturated rings. The molecule has 1 aromatic rings. The normalized spacial score (nSPS) is 22.8. The molecule has 136 valence electrons. The third-order valence-electron chi connectivity index (χ3n) is 4.81. The minimum atomic E-state index is -0.590. The second-order valence-electron chi connectivity index (χ2n) is 6.78. The van der Waals surface area contributed by atoms with Crippen molar-refractivity contribution in [3.63, 3.8) is 0 Å². The van der Waals surface area contributed by atoms with Crippen LogP contribution in [0.1, 0.15) is 50.4 Å². The van der Waals surface area contributed by atoms with Gasteiger partial charge in [-0.2, -0.15) is 0 Å². The van der Waals surface area contributed by atoms with Gasteiger partial charge in [0.2, 0.25) is 5.91 Å². The smallest absolute Gasteiger partial charge is 0.338 e. The SMILES string of the molecule is CC(=O)Nc1cccc(C(=O)OCC(=O)N[C@@H]2CCC[C@@H](C)[C@H]2C)c1. The first-order chi connectivity index (χ1) is 11.9. The number of ether oxygens (including phenoxy) is 1. The first-order valence-electron chi connectivity index (χ1n) is 8.71. The maximum atomic E-state index is 12.1. The number of rotatable bonds is 5. The summed E-state index contributed by atoms with van der Waals surface area (Å²) in [6.07, 6.45) is 3.25. The molecule has 0 spiro atoms. The topological polar surface area (TPSA) is 84.5 Å². The number of amides is 2. The van der Waals surface area contributed by atoms with Gasteiger partial charge in [0, 0.05) is 18.7 Å². The van der Waals surface area contributed by atoms with E-state index in [0.29, 0.717) is 23.1 Å². The quantitative estimate of drug-likeness (QED) is 0.803. The molecular formula is C19H26N2O4. The van der Waals surface area contributed by atoms with E-state index in [-0.39, 0.29) is 24.5 Å². The monoisotopic (exact) mass is 346 g/mol. The molecule has 1 aliphatic carbocycles. The Labute approximate surface area is 148 Å². The van der Waals surface area contributed by atoms with Gasteiger partial charge in [-0.25, -0.2) is 4.79 Å². The zero-order chi connectivity index (χ0) is 18.4. The molecule has 2 rings (SSSR count). The van der Waals surface area contributed by atoms with E-state index in [1.807, 2.05) is 0 Å². The summed E-state index contributed by atoms with van der Waals surface area (Å²) in [6.45, 7) is 5.43. The number of benzene rings is 1. The highest BCUT2D eigenvalue weighted by Gasteiger charge is 2.28. The Kier molecular flexibility index (Phi) is 6.56. The molecule has 6 heteroatoms. The molecule has 0 unspecified atom stereocenters. The Bertz CT molecular complexity index is 644. The molecule has 0 aromatic heterocycles. The molecule has 25 heavy (non-hydrogen) atoms. The molecule has 0 bridgehead atoms. The van der Waals surface area contributed by atoms with Crippen LogP contribution < -0.4 is 10.6 Å². The van der Waals surface area contributed by atoms with Gasteiger partial charge in [-0.3, -0.25) is 9.59 Å². The molecule has 0 heterocycles. The third kappa shape index (κ3) is 5.59. The molecule has 1 aliphatic rings. The predicted molar refractivity (Wildman–Crippen MR) is 95.1 cm³/mol. The van der Waals surface area contributed by atoms with Crippen LogP contribution in [0.4, 0.5) is 5.69 Å². The van der Waals surface area contributed by atoms with E-state index >= 15 is 0 Å². The first kappa shape index (κ1) is 19.0. The number of nitrogens with one attached hydrogen (secondary N) is 2. The van der Waals surface area contributed by atoms with E-state index in [2.05, 4.69) is 24.5 Å². The van der Waals surface area contributed by atoms with Gasteiger partial charge in [-0.1, -0.05) is 32.8 Å². The Hall–Kier alpha value is -2.37. The van der Waals surface area contributed by atoms with Crippen LogP contribution >= 0.6 is 0 Å². The predicted octanol–water partition coefficient (Wildman–Crippen LogP) is 2.74. The summed E-state index contributed by atoms with van der Waals surface area (Å²) in [5.74, 6) is -0.0914. The highest BCUT2D eigenvalue weighted by atomic mass is 16.5. The van der Waals surface area contributed by atoms with Crippen LogP contribution in [0.3, 0.4) is 0 Å². The van der Waals surface area contributed by atoms with Gasteiger partial charge >= 0.3 is 5.97 Å². The van der Waals surface area contributed by atoms with Crippen LogP contribution in [-0.4, -0.2) is 30.4 Å². The second kappa shape index (κ2) is 8.65. The number of hydrogen-bond acceptors (Lipinski definition) is 4.